The van der Waals surface area contributed by atoms with Crippen molar-refractivity contribution in [1.29, 1.82) is 0 Å². The molecule has 0 aromatic carbocycles. The normalized spacial score (nSPS) is 26.8. The second-order valence-corrected chi connectivity index (χ2v) is 17.9. The Morgan fingerprint density at radius 1 is 1.00 bits per heavy atom. The Kier molecular flexibility index (Phi) is 5.87. The van der Waals surface area contributed by atoms with Gasteiger partial charge in [-0.3, -0.25) is 0 Å². The zero-order valence-corrected chi connectivity index (χ0v) is 15.3. The van der Waals surface area contributed by atoms with Gasteiger partial charge in [0.25, 0.3) is 0 Å². The van der Waals surface area contributed by atoms with Crippen LogP contribution in [-0.2, 0) is 4.43 Å². The Labute approximate surface area is 116 Å². The first-order chi connectivity index (χ1) is 8.17. The van der Waals surface area contributed by atoms with Crippen molar-refractivity contribution in [3.05, 3.63) is 12.2 Å². The van der Waals surface area contributed by atoms with E-state index < -0.39 is 16.4 Å². The smallest absolute Gasteiger partial charge is 0.184 e. The second-order valence-electron chi connectivity index (χ2n) is 7.91. The molecule has 0 aromatic rings. The van der Waals surface area contributed by atoms with Crippen LogP contribution in [0.5, 0.6) is 0 Å². The monoisotopic (exact) mass is 284 g/mol. The highest BCUT2D eigenvalue weighted by atomic mass is 28.4. The first-order valence-corrected chi connectivity index (χ1v) is 14.6. The maximum absolute atomic E-state index is 6.37. The van der Waals surface area contributed by atoms with Crippen LogP contribution in [-0.4, -0.2) is 22.5 Å². The maximum atomic E-state index is 6.37. The SMILES string of the molecule is C[Si](C)(C)C/C=C/[C@@H]1CCCC[C@H]1O[Si](C)(C)C. The minimum atomic E-state index is -1.39. The third kappa shape index (κ3) is 6.90. The zero-order chi connectivity index (χ0) is 13.8. The van der Waals surface area contributed by atoms with Crippen molar-refractivity contribution in [1.82, 2.24) is 0 Å². The molecule has 1 nitrogen and oxygen atoms in total. The van der Waals surface area contributed by atoms with E-state index in [0.29, 0.717) is 12.0 Å². The van der Waals surface area contributed by atoms with E-state index in [0.717, 1.165) is 0 Å². The van der Waals surface area contributed by atoms with Crippen LogP contribution < -0.4 is 0 Å². The minimum absolute atomic E-state index is 0.503. The van der Waals surface area contributed by atoms with E-state index in [-0.39, 0.29) is 0 Å². The highest BCUT2D eigenvalue weighted by molar-refractivity contribution is 6.76. The van der Waals surface area contributed by atoms with Crippen LogP contribution in [0.3, 0.4) is 0 Å². The number of hydrogen-bond acceptors (Lipinski definition) is 1. The van der Waals surface area contributed by atoms with Crippen LogP contribution >= 0.6 is 0 Å². The van der Waals surface area contributed by atoms with Crippen LogP contribution in [0.25, 0.3) is 0 Å². The van der Waals surface area contributed by atoms with Gasteiger partial charge in [-0.1, -0.05) is 44.6 Å². The summed E-state index contributed by atoms with van der Waals surface area (Å²) in [5, 5.41) is 0. The van der Waals surface area contributed by atoms with E-state index in [1.807, 2.05) is 0 Å². The summed E-state index contributed by atoms with van der Waals surface area (Å²) < 4.78 is 6.37. The summed E-state index contributed by atoms with van der Waals surface area (Å²) in [6, 6.07) is 1.31. The van der Waals surface area contributed by atoms with E-state index in [2.05, 4.69) is 51.4 Å². The van der Waals surface area contributed by atoms with Crippen LogP contribution in [0, 0.1) is 5.92 Å². The highest BCUT2D eigenvalue weighted by Crippen LogP contribution is 2.30. The lowest BCUT2D eigenvalue weighted by Crippen LogP contribution is -2.37. The van der Waals surface area contributed by atoms with Gasteiger partial charge in [-0.25, -0.2) is 0 Å². The second kappa shape index (κ2) is 6.53. The lowest BCUT2D eigenvalue weighted by atomic mass is 9.86. The van der Waals surface area contributed by atoms with Gasteiger partial charge < -0.3 is 4.43 Å². The average molecular weight is 285 g/mol. The molecular formula is C15H32OSi2. The van der Waals surface area contributed by atoms with Crippen molar-refractivity contribution in [3.63, 3.8) is 0 Å². The molecule has 0 aromatic heterocycles. The molecule has 18 heavy (non-hydrogen) atoms. The summed E-state index contributed by atoms with van der Waals surface area (Å²) in [4.78, 5) is 0. The Balaban J connectivity index is 2.54. The largest absolute Gasteiger partial charge is 0.414 e. The van der Waals surface area contributed by atoms with Gasteiger partial charge in [-0.2, -0.15) is 0 Å². The molecule has 0 N–H and O–H groups in total. The summed E-state index contributed by atoms with van der Waals surface area (Å²) >= 11 is 0. The standard InChI is InChI=1S/C15H32OSi2/c1-17(2,3)13-9-11-14-10-7-8-12-15(14)16-18(4,5)6/h9,11,14-15H,7-8,10,12-13H2,1-6H3/b11-9+/t14-,15+/m0/s1. The van der Waals surface area contributed by atoms with Gasteiger partial charge >= 0.3 is 0 Å². The van der Waals surface area contributed by atoms with E-state index in [1.165, 1.54) is 31.7 Å². The van der Waals surface area contributed by atoms with Crippen molar-refractivity contribution in [2.75, 3.05) is 0 Å². The summed E-state index contributed by atoms with van der Waals surface area (Å²) in [6.45, 7) is 14.2. The summed E-state index contributed by atoms with van der Waals surface area (Å²) in [6.07, 6.45) is 10.8. The van der Waals surface area contributed by atoms with Crippen LogP contribution in [0.4, 0.5) is 0 Å². The quantitative estimate of drug-likeness (QED) is 0.492. The average Bonchev–Trinajstić information content (AvgIpc) is 2.16. The number of rotatable bonds is 5. The maximum Gasteiger partial charge on any atom is 0.184 e. The molecule has 0 amide bonds. The van der Waals surface area contributed by atoms with Gasteiger partial charge in [0.05, 0.1) is 6.10 Å². The molecule has 1 aliphatic carbocycles. The molecule has 0 aliphatic heterocycles. The molecule has 0 unspecified atom stereocenters. The fourth-order valence-corrected chi connectivity index (χ4v) is 4.59. The molecule has 106 valence electrons. The Morgan fingerprint density at radius 2 is 1.61 bits per heavy atom. The number of hydrogen-bond donors (Lipinski definition) is 0. The molecule has 2 atom stereocenters. The van der Waals surface area contributed by atoms with Crippen molar-refractivity contribution in [2.24, 2.45) is 5.92 Å². The molecule has 0 saturated heterocycles. The third-order valence-corrected chi connectivity index (χ3v) is 5.84. The predicted octanol–water partition coefficient (Wildman–Crippen LogP) is 5.29. The molecule has 0 heterocycles. The molecule has 1 aliphatic rings. The molecule has 3 heteroatoms. The van der Waals surface area contributed by atoms with Gasteiger partial charge in [-0.05, 0) is 38.5 Å². The van der Waals surface area contributed by atoms with Crippen LogP contribution in [0.1, 0.15) is 25.7 Å². The fourth-order valence-electron chi connectivity index (χ4n) is 2.54. The van der Waals surface area contributed by atoms with Gasteiger partial charge in [-0.15, -0.1) is 0 Å². The minimum Gasteiger partial charge on any atom is -0.414 e. The lowest BCUT2D eigenvalue weighted by Gasteiger charge is -2.34. The fraction of sp³-hybridized carbons (Fsp3) is 0.867. The first-order valence-electron chi connectivity index (χ1n) is 7.52. The van der Waals surface area contributed by atoms with E-state index >= 15 is 0 Å². The van der Waals surface area contributed by atoms with Gasteiger partial charge in [0, 0.05) is 14.0 Å². The molecular weight excluding hydrogens is 252 g/mol. The van der Waals surface area contributed by atoms with Crippen molar-refractivity contribution in [2.45, 2.75) is 77.1 Å². The molecule has 1 rings (SSSR count). The molecule has 0 radical (unpaired) electrons. The molecule has 1 fully saturated rings. The third-order valence-electron chi connectivity index (χ3n) is 3.37. The van der Waals surface area contributed by atoms with E-state index in [1.54, 1.807) is 0 Å². The van der Waals surface area contributed by atoms with Crippen molar-refractivity contribution < 1.29 is 4.43 Å². The van der Waals surface area contributed by atoms with Gasteiger partial charge in [0.1, 0.15) is 0 Å². The summed E-state index contributed by atoms with van der Waals surface area (Å²) in [7, 11) is -2.32. The number of allylic oxidation sites excluding steroid dienone is 1. The Hall–Kier alpha value is 0.134. The highest BCUT2D eigenvalue weighted by Gasteiger charge is 2.28. The van der Waals surface area contributed by atoms with Crippen molar-refractivity contribution >= 4 is 16.4 Å². The molecule has 0 bridgehead atoms. The van der Waals surface area contributed by atoms with Gasteiger partial charge in [0.15, 0.2) is 8.32 Å². The summed E-state index contributed by atoms with van der Waals surface area (Å²) in [5.41, 5.74) is 0. The molecule has 0 spiro atoms. The zero-order valence-electron chi connectivity index (χ0n) is 13.3. The van der Waals surface area contributed by atoms with Gasteiger partial charge in [0.2, 0.25) is 0 Å². The predicted molar refractivity (Wildman–Crippen MR) is 87.5 cm³/mol. The van der Waals surface area contributed by atoms with Crippen LogP contribution in [0.15, 0.2) is 12.2 Å². The Bertz CT molecular complexity index is 273. The molecule has 1 saturated carbocycles. The van der Waals surface area contributed by atoms with Crippen molar-refractivity contribution in [3.8, 4) is 0 Å². The first kappa shape index (κ1) is 16.2. The Morgan fingerprint density at radius 3 is 2.17 bits per heavy atom. The summed E-state index contributed by atoms with van der Waals surface area (Å²) in [5.74, 6) is 0.682. The van der Waals surface area contributed by atoms with Crippen LogP contribution in [0.2, 0.25) is 45.3 Å². The van der Waals surface area contributed by atoms with E-state index in [9.17, 15) is 0 Å². The topological polar surface area (TPSA) is 9.23 Å². The van der Waals surface area contributed by atoms with E-state index in [4.69, 9.17) is 4.43 Å². The lowest BCUT2D eigenvalue weighted by molar-refractivity contribution is 0.110.